The maximum atomic E-state index is 11.3. The molecule has 9 heteroatoms. The summed E-state index contributed by atoms with van der Waals surface area (Å²) >= 11 is 0. The number of nitrogens with zero attached hydrogens (tertiary/aromatic N) is 1. The van der Waals surface area contributed by atoms with Crippen molar-refractivity contribution in [3.63, 3.8) is 0 Å². The Labute approximate surface area is 99.0 Å². The summed E-state index contributed by atoms with van der Waals surface area (Å²) < 4.78 is 30.9. The van der Waals surface area contributed by atoms with Crippen LogP contribution in [0.4, 0.5) is 4.79 Å². The minimum absolute atomic E-state index is 0.105. The van der Waals surface area contributed by atoms with E-state index >= 15 is 0 Å². The minimum atomic E-state index is -3.87. The molecule has 3 N–H and O–H groups in total. The lowest BCUT2D eigenvalue weighted by atomic mass is 10.4. The summed E-state index contributed by atoms with van der Waals surface area (Å²) in [7, 11) is -3.87. The topological polar surface area (TPSA) is 113 Å². The molecule has 0 fully saturated rings. The van der Waals surface area contributed by atoms with Crippen LogP contribution in [-0.2, 0) is 21.4 Å². The van der Waals surface area contributed by atoms with Gasteiger partial charge in [-0.05, 0) is 6.92 Å². The number of imidazole rings is 1. The lowest BCUT2D eigenvalue weighted by Crippen LogP contribution is -2.41. The predicted octanol–water partition coefficient (Wildman–Crippen LogP) is -0.467. The summed E-state index contributed by atoms with van der Waals surface area (Å²) in [5, 5.41) is 0. The van der Waals surface area contributed by atoms with Crippen molar-refractivity contribution in [2.24, 2.45) is 0 Å². The SMILES string of the molecule is CCOC(=O)NS(=O)(=O)NCCc1ncc[nH]1. The van der Waals surface area contributed by atoms with E-state index in [9.17, 15) is 13.2 Å². The van der Waals surface area contributed by atoms with E-state index in [0.29, 0.717) is 12.2 Å². The van der Waals surface area contributed by atoms with Crippen LogP contribution >= 0.6 is 0 Å². The molecule has 8 nitrogen and oxygen atoms in total. The first kappa shape index (κ1) is 13.5. The molecule has 0 aliphatic heterocycles. The first-order valence-electron chi connectivity index (χ1n) is 4.96. The standard InChI is InChI=1S/C8H14N4O4S/c1-2-16-8(13)12-17(14,15)11-4-3-7-9-5-6-10-7/h5-6,11H,2-4H2,1H3,(H,9,10)(H,12,13). The van der Waals surface area contributed by atoms with Crippen LogP contribution in [0.2, 0.25) is 0 Å². The van der Waals surface area contributed by atoms with Crippen LogP contribution in [0.3, 0.4) is 0 Å². The van der Waals surface area contributed by atoms with E-state index in [1.165, 1.54) is 0 Å². The number of hydrogen-bond acceptors (Lipinski definition) is 5. The average molecular weight is 262 g/mol. The highest BCUT2D eigenvalue weighted by Crippen LogP contribution is 1.89. The molecular formula is C8H14N4O4S. The number of amides is 1. The molecule has 0 saturated heterocycles. The monoisotopic (exact) mass is 262 g/mol. The van der Waals surface area contributed by atoms with E-state index in [2.05, 4.69) is 19.4 Å². The third-order valence-corrected chi connectivity index (χ3v) is 2.72. The Morgan fingerprint density at radius 3 is 2.94 bits per heavy atom. The quantitative estimate of drug-likeness (QED) is 0.641. The Bertz CT molecular complexity index is 442. The molecule has 1 aromatic heterocycles. The summed E-state index contributed by atoms with van der Waals surface area (Å²) in [6.07, 6.45) is 2.61. The molecule has 17 heavy (non-hydrogen) atoms. The third kappa shape index (κ3) is 5.31. The van der Waals surface area contributed by atoms with Crippen LogP contribution in [-0.4, -0.2) is 37.6 Å². The summed E-state index contributed by atoms with van der Waals surface area (Å²) in [5.41, 5.74) is 0. The van der Waals surface area contributed by atoms with E-state index < -0.39 is 16.3 Å². The van der Waals surface area contributed by atoms with Gasteiger partial charge < -0.3 is 9.72 Å². The molecule has 1 rings (SSSR count). The predicted molar refractivity (Wildman–Crippen MR) is 59.4 cm³/mol. The van der Waals surface area contributed by atoms with Gasteiger partial charge in [0.25, 0.3) is 0 Å². The molecule has 0 aromatic carbocycles. The van der Waals surface area contributed by atoms with Gasteiger partial charge in [0, 0.05) is 25.4 Å². The van der Waals surface area contributed by atoms with Crippen LogP contribution in [0.15, 0.2) is 12.4 Å². The fourth-order valence-electron chi connectivity index (χ4n) is 1.04. The molecule has 1 aromatic rings. The Balaban J connectivity index is 2.32. The van der Waals surface area contributed by atoms with Crippen LogP contribution in [0.25, 0.3) is 0 Å². The zero-order valence-electron chi connectivity index (χ0n) is 9.26. The molecule has 0 aliphatic carbocycles. The van der Waals surface area contributed by atoms with Crippen molar-refractivity contribution in [2.75, 3.05) is 13.2 Å². The smallest absolute Gasteiger partial charge is 0.421 e. The number of carbonyl (C=O) groups is 1. The van der Waals surface area contributed by atoms with Crippen molar-refractivity contribution in [1.29, 1.82) is 0 Å². The summed E-state index contributed by atoms with van der Waals surface area (Å²) in [4.78, 5) is 17.6. The Hall–Kier alpha value is -1.61. The first-order valence-corrected chi connectivity index (χ1v) is 6.44. The highest BCUT2D eigenvalue weighted by atomic mass is 32.2. The van der Waals surface area contributed by atoms with Crippen LogP contribution < -0.4 is 9.44 Å². The number of aromatic nitrogens is 2. The summed E-state index contributed by atoms with van der Waals surface area (Å²) in [6, 6.07) is 0. The van der Waals surface area contributed by atoms with E-state index in [1.54, 1.807) is 24.0 Å². The fourth-order valence-corrected chi connectivity index (χ4v) is 1.77. The largest absolute Gasteiger partial charge is 0.449 e. The molecule has 96 valence electrons. The van der Waals surface area contributed by atoms with Gasteiger partial charge in [-0.3, -0.25) is 0 Å². The molecule has 0 spiro atoms. The van der Waals surface area contributed by atoms with Crippen molar-refractivity contribution in [2.45, 2.75) is 13.3 Å². The molecule has 1 amide bonds. The average Bonchev–Trinajstić information content (AvgIpc) is 2.69. The maximum absolute atomic E-state index is 11.3. The minimum Gasteiger partial charge on any atom is -0.449 e. The molecule has 0 atom stereocenters. The van der Waals surface area contributed by atoms with Crippen LogP contribution in [0.1, 0.15) is 12.7 Å². The maximum Gasteiger partial charge on any atom is 0.421 e. The van der Waals surface area contributed by atoms with Gasteiger partial charge in [0.15, 0.2) is 0 Å². The number of hydrogen-bond donors (Lipinski definition) is 3. The van der Waals surface area contributed by atoms with Crippen molar-refractivity contribution < 1.29 is 17.9 Å². The highest BCUT2D eigenvalue weighted by molar-refractivity contribution is 7.88. The lowest BCUT2D eigenvalue weighted by molar-refractivity contribution is 0.158. The molecule has 0 radical (unpaired) electrons. The molecule has 0 aliphatic rings. The normalized spacial score (nSPS) is 11.1. The van der Waals surface area contributed by atoms with Crippen molar-refractivity contribution in [1.82, 2.24) is 19.4 Å². The van der Waals surface area contributed by atoms with Gasteiger partial charge in [0.2, 0.25) is 0 Å². The van der Waals surface area contributed by atoms with Gasteiger partial charge in [0.05, 0.1) is 6.61 Å². The van der Waals surface area contributed by atoms with Crippen molar-refractivity contribution in [3.8, 4) is 0 Å². The van der Waals surface area contributed by atoms with Crippen molar-refractivity contribution >= 4 is 16.3 Å². The number of H-pyrrole nitrogens is 1. The summed E-state index contributed by atoms with van der Waals surface area (Å²) in [5.74, 6) is 0.656. The number of ether oxygens (including phenoxy) is 1. The third-order valence-electron chi connectivity index (χ3n) is 1.70. The van der Waals surface area contributed by atoms with Gasteiger partial charge in [-0.2, -0.15) is 13.1 Å². The van der Waals surface area contributed by atoms with Crippen LogP contribution in [0, 0.1) is 0 Å². The van der Waals surface area contributed by atoms with Crippen molar-refractivity contribution in [3.05, 3.63) is 18.2 Å². The number of carbonyl (C=O) groups excluding carboxylic acids is 1. The molecule has 1 heterocycles. The Morgan fingerprint density at radius 1 is 1.59 bits per heavy atom. The first-order chi connectivity index (χ1) is 8.03. The van der Waals surface area contributed by atoms with Gasteiger partial charge in [-0.1, -0.05) is 0 Å². The number of nitrogens with one attached hydrogen (secondary N) is 3. The number of rotatable bonds is 6. The molecule has 0 unspecified atom stereocenters. The van der Waals surface area contributed by atoms with E-state index in [-0.39, 0.29) is 13.2 Å². The Kier molecular flexibility index (Phi) is 4.91. The lowest BCUT2D eigenvalue weighted by Gasteiger charge is -2.07. The van der Waals surface area contributed by atoms with Gasteiger partial charge in [0.1, 0.15) is 5.82 Å². The molecular weight excluding hydrogens is 248 g/mol. The molecule has 0 bridgehead atoms. The zero-order chi connectivity index (χ0) is 12.7. The summed E-state index contributed by atoms with van der Waals surface area (Å²) in [6.45, 7) is 1.81. The van der Waals surface area contributed by atoms with E-state index in [0.717, 1.165) is 0 Å². The second kappa shape index (κ2) is 6.21. The van der Waals surface area contributed by atoms with E-state index in [1.807, 2.05) is 0 Å². The fraction of sp³-hybridized carbons (Fsp3) is 0.500. The second-order valence-corrected chi connectivity index (χ2v) is 4.51. The van der Waals surface area contributed by atoms with E-state index in [4.69, 9.17) is 0 Å². The Morgan fingerprint density at radius 2 is 2.35 bits per heavy atom. The number of aromatic amines is 1. The van der Waals surface area contributed by atoms with Crippen LogP contribution in [0.5, 0.6) is 0 Å². The highest BCUT2D eigenvalue weighted by Gasteiger charge is 2.13. The van der Waals surface area contributed by atoms with Gasteiger partial charge in [-0.15, -0.1) is 0 Å². The van der Waals surface area contributed by atoms with Gasteiger partial charge >= 0.3 is 16.3 Å². The zero-order valence-corrected chi connectivity index (χ0v) is 10.1. The molecule has 0 saturated carbocycles. The van der Waals surface area contributed by atoms with Gasteiger partial charge in [-0.25, -0.2) is 14.5 Å². The second-order valence-electron chi connectivity index (χ2n) is 3.01.